The molecule has 0 spiro atoms. The van der Waals surface area contributed by atoms with E-state index in [9.17, 15) is 14.4 Å². The van der Waals surface area contributed by atoms with Gasteiger partial charge in [-0.05, 0) is 25.0 Å². The molecule has 0 heterocycles. The van der Waals surface area contributed by atoms with Crippen molar-refractivity contribution in [2.45, 2.75) is 12.8 Å². The minimum Gasteiger partial charge on any atom is -0.463 e. The number of nitrogens with zero attached hydrogens (tertiary/aromatic N) is 2. The monoisotopic (exact) mass is 420 g/mol. The van der Waals surface area contributed by atoms with E-state index in [4.69, 9.17) is 35.0 Å². The summed E-state index contributed by atoms with van der Waals surface area (Å²) in [5.41, 5.74) is -0.159. The van der Waals surface area contributed by atoms with Gasteiger partial charge in [0.05, 0.1) is 24.0 Å². The maximum absolute atomic E-state index is 12.1. The minimum absolute atomic E-state index is 0.00245. The molecule has 4 N–H and O–H groups in total. The summed E-state index contributed by atoms with van der Waals surface area (Å²) >= 11 is 0. The third-order valence-corrected chi connectivity index (χ3v) is 2.96. The third-order valence-electron chi connectivity index (χ3n) is 2.96. The predicted octanol–water partition coefficient (Wildman–Crippen LogP) is 0.0962. The van der Waals surface area contributed by atoms with Gasteiger partial charge in [0, 0.05) is 0 Å². The zero-order chi connectivity index (χ0) is 21.6. The number of carbonyl (C=O) groups is 3. The van der Waals surface area contributed by atoms with Gasteiger partial charge in [0.25, 0.3) is 0 Å². The Labute approximate surface area is 163 Å². The number of esters is 3. The molecule has 0 bridgehead atoms. The van der Waals surface area contributed by atoms with Gasteiger partial charge in [-0.3, -0.25) is 25.7 Å². The van der Waals surface area contributed by atoms with Crippen LogP contribution in [0.25, 0.3) is 0 Å². The third kappa shape index (κ3) is 11.0. The Morgan fingerprint density at radius 3 is 2.14 bits per heavy atom. The number of rotatable bonds is 13. The van der Waals surface area contributed by atoms with Crippen molar-refractivity contribution in [3.05, 3.63) is 29.8 Å². The van der Waals surface area contributed by atoms with Crippen molar-refractivity contribution in [3.8, 4) is 5.75 Å². The van der Waals surface area contributed by atoms with Crippen LogP contribution in [-0.2, 0) is 28.7 Å². The van der Waals surface area contributed by atoms with Crippen LogP contribution in [0.4, 0.5) is 0 Å². The number of unbranched alkanes of at least 4 members (excludes halogenated alkanes) is 1. The van der Waals surface area contributed by atoms with Crippen molar-refractivity contribution < 1.29 is 59.1 Å². The Hall–Kier alpha value is -2.69. The van der Waals surface area contributed by atoms with E-state index in [0.29, 0.717) is 12.8 Å². The topological polar surface area (TPSA) is 185 Å². The van der Waals surface area contributed by atoms with Gasteiger partial charge in [-0.2, -0.15) is 0 Å². The van der Waals surface area contributed by atoms with Crippen molar-refractivity contribution in [2.75, 3.05) is 26.4 Å². The number of carbonyl (C=O) groups excluding carboxylic acids is 3. The van der Waals surface area contributed by atoms with Crippen LogP contribution in [-0.4, -0.2) is 75.9 Å². The summed E-state index contributed by atoms with van der Waals surface area (Å²) in [6.07, 6.45) is 0.741. The highest BCUT2D eigenvalue weighted by Gasteiger charge is 2.18. The molecule has 0 unspecified atom stereocenters. The first kappa shape index (κ1) is 24.3. The van der Waals surface area contributed by atoms with Crippen LogP contribution in [0.15, 0.2) is 24.3 Å². The highest BCUT2D eigenvalue weighted by Crippen LogP contribution is 2.19. The molecule has 0 radical (unpaired) electrons. The maximum Gasteiger partial charge on any atom is 0.344 e. The average molecular weight is 420 g/mol. The lowest BCUT2D eigenvalue weighted by atomic mass is 10.2. The zero-order valence-electron chi connectivity index (χ0n) is 15.0. The van der Waals surface area contributed by atoms with Gasteiger partial charge in [-0.1, -0.05) is 12.1 Å². The quantitative estimate of drug-likeness (QED) is 0.146. The van der Waals surface area contributed by atoms with E-state index in [0.717, 1.165) is 0 Å². The molecule has 0 saturated heterocycles. The summed E-state index contributed by atoms with van der Waals surface area (Å²) in [6.45, 7) is -1.54. The predicted molar refractivity (Wildman–Crippen MR) is 85.3 cm³/mol. The first-order valence-electron chi connectivity index (χ1n) is 8.03. The molecule has 1 rings (SSSR count). The van der Waals surface area contributed by atoms with E-state index in [2.05, 4.69) is 9.68 Å². The van der Waals surface area contributed by atoms with Gasteiger partial charge in [-0.15, -0.1) is 0 Å². The first-order chi connectivity index (χ1) is 13.8. The normalized spacial score (nSPS) is 10.8. The van der Waals surface area contributed by atoms with Gasteiger partial charge in [-0.25, -0.2) is 19.2 Å². The number of benzene rings is 1. The average Bonchev–Trinajstić information content (AvgIpc) is 2.67. The second-order valence-electron chi connectivity index (χ2n) is 5.09. The highest BCUT2D eigenvalue weighted by molar-refractivity contribution is 5.94. The van der Waals surface area contributed by atoms with E-state index >= 15 is 0 Å². The standard InChI is InChI=1S/C15H20N2O12/c18-13(25-7-3-4-8-27-16(21)22)9-26-15(20)11-5-1-2-6-12(11)29-14(19)10-28-17(23)24/h1-2,5-6,21-24H,3-4,7-10H2. The fraction of sp³-hybridized carbons (Fsp3) is 0.400. The minimum atomic E-state index is -1.03. The highest BCUT2D eigenvalue weighted by atomic mass is 17.1. The molecular weight excluding hydrogens is 400 g/mol. The first-order valence-corrected chi connectivity index (χ1v) is 8.03. The van der Waals surface area contributed by atoms with E-state index in [1.54, 1.807) is 0 Å². The van der Waals surface area contributed by atoms with E-state index in [1.807, 2.05) is 0 Å². The molecule has 14 heteroatoms. The Balaban J connectivity index is 2.40. The van der Waals surface area contributed by atoms with Crippen molar-refractivity contribution in [1.82, 2.24) is 10.8 Å². The second kappa shape index (κ2) is 13.5. The number of hydrogen-bond acceptors (Lipinski definition) is 14. The lowest BCUT2D eigenvalue weighted by molar-refractivity contribution is -0.492. The van der Waals surface area contributed by atoms with Gasteiger partial charge in [0.2, 0.25) is 0 Å². The van der Waals surface area contributed by atoms with Crippen LogP contribution in [0.1, 0.15) is 23.2 Å². The fourth-order valence-corrected chi connectivity index (χ4v) is 1.77. The lowest BCUT2D eigenvalue weighted by Crippen LogP contribution is -2.24. The molecule has 1 aromatic carbocycles. The van der Waals surface area contributed by atoms with E-state index in [-0.39, 0.29) is 24.5 Å². The molecule has 0 amide bonds. The zero-order valence-corrected chi connectivity index (χ0v) is 15.0. The molecule has 0 atom stereocenters. The van der Waals surface area contributed by atoms with E-state index in [1.165, 1.54) is 24.3 Å². The molecule has 0 aromatic heterocycles. The smallest absolute Gasteiger partial charge is 0.344 e. The molecule has 0 aliphatic carbocycles. The Morgan fingerprint density at radius 1 is 0.793 bits per heavy atom. The second-order valence-corrected chi connectivity index (χ2v) is 5.09. The number of hydrogen-bond donors (Lipinski definition) is 4. The maximum atomic E-state index is 12.1. The van der Waals surface area contributed by atoms with Gasteiger partial charge in [0.15, 0.2) is 13.2 Å². The SMILES string of the molecule is O=C(COC(=O)c1ccccc1OC(=O)CON(O)O)OCCCCON(O)O. The van der Waals surface area contributed by atoms with Gasteiger partial charge >= 0.3 is 17.9 Å². The van der Waals surface area contributed by atoms with Gasteiger partial charge < -0.3 is 14.2 Å². The summed E-state index contributed by atoms with van der Waals surface area (Å²) in [4.78, 5) is 43.6. The Bertz CT molecular complexity index is 666. The van der Waals surface area contributed by atoms with Crippen LogP contribution >= 0.6 is 0 Å². The molecular formula is C15H20N2O12. The van der Waals surface area contributed by atoms with Crippen molar-refractivity contribution in [3.63, 3.8) is 0 Å². The van der Waals surface area contributed by atoms with E-state index < -0.39 is 41.9 Å². The van der Waals surface area contributed by atoms with Crippen LogP contribution in [0.2, 0.25) is 0 Å². The van der Waals surface area contributed by atoms with Crippen molar-refractivity contribution in [1.29, 1.82) is 0 Å². The van der Waals surface area contributed by atoms with Crippen LogP contribution in [0, 0.1) is 0 Å². The van der Waals surface area contributed by atoms with Crippen molar-refractivity contribution >= 4 is 17.9 Å². The molecule has 0 fully saturated rings. The Morgan fingerprint density at radius 2 is 1.45 bits per heavy atom. The molecule has 162 valence electrons. The Kier molecular flexibility index (Phi) is 11.3. The molecule has 29 heavy (non-hydrogen) atoms. The van der Waals surface area contributed by atoms with Crippen molar-refractivity contribution in [2.24, 2.45) is 0 Å². The molecule has 0 saturated carbocycles. The number of ether oxygens (including phenoxy) is 3. The summed E-state index contributed by atoms with van der Waals surface area (Å²) in [5, 5.41) is 32.3. The molecule has 0 aliphatic heterocycles. The summed E-state index contributed by atoms with van der Waals surface area (Å²) in [5.74, 6) is -3.01. The summed E-state index contributed by atoms with van der Waals surface area (Å²) < 4.78 is 14.5. The summed E-state index contributed by atoms with van der Waals surface area (Å²) in [6, 6.07) is 5.50. The summed E-state index contributed by atoms with van der Waals surface area (Å²) in [7, 11) is 0. The molecule has 0 aliphatic rings. The fourth-order valence-electron chi connectivity index (χ4n) is 1.77. The lowest BCUT2D eigenvalue weighted by Gasteiger charge is -2.11. The number of para-hydroxylation sites is 1. The van der Waals surface area contributed by atoms with Crippen LogP contribution in [0.3, 0.4) is 0 Å². The van der Waals surface area contributed by atoms with Crippen LogP contribution < -0.4 is 4.74 Å². The van der Waals surface area contributed by atoms with Crippen LogP contribution in [0.5, 0.6) is 5.75 Å². The van der Waals surface area contributed by atoms with Gasteiger partial charge in [0.1, 0.15) is 11.3 Å². The molecule has 14 nitrogen and oxygen atoms in total. The largest absolute Gasteiger partial charge is 0.463 e. The molecule has 1 aromatic rings.